The zero-order valence-corrected chi connectivity index (χ0v) is 11.1. The summed E-state index contributed by atoms with van der Waals surface area (Å²) in [6.07, 6.45) is 2.56. The summed E-state index contributed by atoms with van der Waals surface area (Å²) < 4.78 is 0. The molecule has 0 spiro atoms. The van der Waals surface area contributed by atoms with Crippen LogP contribution >= 0.6 is 0 Å². The number of rotatable bonds is 4. The minimum atomic E-state index is -0.416. The maximum absolute atomic E-state index is 11.2. The van der Waals surface area contributed by atoms with E-state index in [4.69, 9.17) is 0 Å². The van der Waals surface area contributed by atoms with Crippen LogP contribution in [0.1, 0.15) is 40.0 Å². The summed E-state index contributed by atoms with van der Waals surface area (Å²) in [4.78, 5) is 13.0. The highest BCUT2D eigenvalue weighted by Crippen LogP contribution is 2.21. The Morgan fingerprint density at radius 3 is 2.47 bits per heavy atom. The van der Waals surface area contributed by atoms with Crippen LogP contribution in [0.3, 0.4) is 0 Å². The molecule has 0 bridgehead atoms. The summed E-state index contributed by atoms with van der Waals surface area (Å²) in [5, 5.41) is 12.7. The van der Waals surface area contributed by atoms with E-state index in [9.17, 15) is 10.1 Å². The monoisotopic (exact) mass is 237 g/mol. The third-order valence-corrected chi connectivity index (χ3v) is 3.46. The van der Waals surface area contributed by atoms with E-state index < -0.39 is 5.54 Å². The van der Waals surface area contributed by atoms with Crippen molar-refractivity contribution in [2.24, 2.45) is 5.92 Å². The minimum Gasteiger partial charge on any atom is -0.343 e. The number of likely N-dealkylation sites (tertiary alicyclic amines) is 1. The van der Waals surface area contributed by atoms with Gasteiger partial charge in [0, 0.05) is 20.0 Å². The predicted octanol–water partition coefficient (Wildman–Crippen LogP) is 1.53. The lowest BCUT2D eigenvalue weighted by Gasteiger charge is -2.37. The van der Waals surface area contributed by atoms with Gasteiger partial charge in [0.25, 0.3) is 0 Å². The largest absolute Gasteiger partial charge is 0.343 e. The Labute approximate surface area is 104 Å². The van der Waals surface area contributed by atoms with Crippen LogP contribution in [0, 0.1) is 17.2 Å². The number of nitriles is 1. The molecule has 1 amide bonds. The van der Waals surface area contributed by atoms with E-state index in [-0.39, 0.29) is 5.91 Å². The van der Waals surface area contributed by atoms with Crippen LogP contribution in [0.25, 0.3) is 0 Å². The highest BCUT2D eigenvalue weighted by Gasteiger charge is 2.34. The summed E-state index contributed by atoms with van der Waals surface area (Å²) >= 11 is 0. The molecule has 17 heavy (non-hydrogen) atoms. The zero-order valence-electron chi connectivity index (χ0n) is 11.1. The van der Waals surface area contributed by atoms with Crippen molar-refractivity contribution in [3.63, 3.8) is 0 Å². The van der Waals surface area contributed by atoms with Crippen molar-refractivity contribution in [2.75, 3.05) is 19.6 Å². The van der Waals surface area contributed by atoms with Gasteiger partial charge in [-0.15, -0.1) is 0 Å². The van der Waals surface area contributed by atoms with E-state index in [1.165, 1.54) is 0 Å². The number of hydrogen-bond donors (Lipinski definition) is 1. The normalized spacial score (nSPS) is 19.1. The fraction of sp³-hybridized carbons (Fsp3) is 0.846. The molecule has 0 aromatic heterocycles. The van der Waals surface area contributed by atoms with Gasteiger partial charge in [0.15, 0.2) is 0 Å². The molecule has 0 aromatic carbocycles. The summed E-state index contributed by atoms with van der Waals surface area (Å²) in [6, 6.07) is 2.40. The average Bonchev–Trinajstić information content (AvgIpc) is 2.29. The molecule has 1 N–H and O–H groups in total. The van der Waals surface area contributed by atoms with Gasteiger partial charge in [-0.05, 0) is 31.7 Å². The first-order valence-corrected chi connectivity index (χ1v) is 6.41. The van der Waals surface area contributed by atoms with E-state index in [1.54, 1.807) is 6.92 Å². The second-order valence-corrected chi connectivity index (χ2v) is 5.31. The van der Waals surface area contributed by atoms with Gasteiger partial charge >= 0.3 is 0 Å². The lowest BCUT2D eigenvalue weighted by molar-refractivity contribution is -0.130. The summed E-state index contributed by atoms with van der Waals surface area (Å²) in [6.45, 7) is 8.21. The molecule has 1 aliphatic rings. The van der Waals surface area contributed by atoms with Crippen LogP contribution in [0.5, 0.6) is 0 Å². The lowest BCUT2D eigenvalue weighted by atomic mass is 9.88. The van der Waals surface area contributed by atoms with Gasteiger partial charge in [-0.25, -0.2) is 0 Å². The SMILES string of the molecule is CC(=O)N1CCC(C#N)(NCCC(C)C)CC1. The molecular weight excluding hydrogens is 214 g/mol. The summed E-state index contributed by atoms with van der Waals surface area (Å²) in [7, 11) is 0. The van der Waals surface area contributed by atoms with Crippen molar-refractivity contribution < 1.29 is 4.79 Å². The maximum Gasteiger partial charge on any atom is 0.219 e. The Balaban J connectivity index is 2.44. The molecule has 1 rings (SSSR count). The zero-order chi connectivity index (χ0) is 12.9. The summed E-state index contributed by atoms with van der Waals surface area (Å²) in [5.74, 6) is 0.759. The number of piperidine rings is 1. The Morgan fingerprint density at radius 2 is 2.06 bits per heavy atom. The Kier molecular flexibility index (Phi) is 4.95. The van der Waals surface area contributed by atoms with Gasteiger partial charge in [-0.1, -0.05) is 13.8 Å². The first kappa shape index (κ1) is 14.0. The number of carbonyl (C=O) groups excluding carboxylic acids is 1. The molecule has 4 heteroatoms. The van der Waals surface area contributed by atoms with Crippen LogP contribution in [-0.2, 0) is 4.79 Å². The summed E-state index contributed by atoms with van der Waals surface area (Å²) in [5.41, 5.74) is -0.416. The first-order chi connectivity index (χ1) is 7.99. The molecule has 1 fully saturated rings. The maximum atomic E-state index is 11.2. The number of hydrogen-bond acceptors (Lipinski definition) is 3. The standard InChI is InChI=1S/C13H23N3O/c1-11(2)4-7-15-13(10-14)5-8-16(9-6-13)12(3)17/h11,15H,4-9H2,1-3H3. The fourth-order valence-corrected chi connectivity index (χ4v) is 2.13. The van der Waals surface area contributed by atoms with Crippen molar-refractivity contribution in [3.05, 3.63) is 0 Å². The second-order valence-electron chi connectivity index (χ2n) is 5.31. The molecule has 96 valence electrons. The van der Waals surface area contributed by atoms with Crippen LogP contribution in [-0.4, -0.2) is 36.0 Å². The minimum absolute atomic E-state index is 0.110. The average molecular weight is 237 g/mol. The lowest BCUT2D eigenvalue weighted by Crippen LogP contribution is -2.53. The van der Waals surface area contributed by atoms with Crippen molar-refractivity contribution in [3.8, 4) is 6.07 Å². The van der Waals surface area contributed by atoms with Crippen LogP contribution < -0.4 is 5.32 Å². The van der Waals surface area contributed by atoms with Gasteiger partial charge in [0.05, 0.1) is 6.07 Å². The van der Waals surface area contributed by atoms with Gasteiger partial charge in [-0.3, -0.25) is 10.1 Å². The third-order valence-electron chi connectivity index (χ3n) is 3.46. The molecule has 0 saturated carbocycles. The Morgan fingerprint density at radius 1 is 1.47 bits per heavy atom. The van der Waals surface area contributed by atoms with Gasteiger partial charge in [-0.2, -0.15) is 5.26 Å². The van der Waals surface area contributed by atoms with Gasteiger partial charge in [0.1, 0.15) is 5.54 Å². The van der Waals surface area contributed by atoms with E-state index in [2.05, 4.69) is 25.2 Å². The number of nitrogens with one attached hydrogen (secondary N) is 1. The fourth-order valence-electron chi connectivity index (χ4n) is 2.13. The van der Waals surface area contributed by atoms with Crippen molar-refractivity contribution in [2.45, 2.75) is 45.6 Å². The molecule has 0 aliphatic carbocycles. The predicted molar refractivity (Wildman–Crippen MR) is 67.3 cm³/mol. The van der Waals surface area contributed by atoms with E-state index in [1.807, 2.05) is 4.90 Å². The van der Waals surface area contributed by atoms with Crippen LogP contribution in [0.4, 0.5) is 0 Å². The van der Waals surface area contributed by atoms with Crippen LogP contribution in [0.2, 0.25) is 0 Å². The second kappa shape index (κ2) is 6.02. The molecular formula is C13H23N3O. The molecule has 0 atom stereocenters. The van der Waals surface area contributed by atoms with Crippen molar-refractivity contribution >= 4 is 5.91 Å². The Hall–Kier alpha value is -1.08. The molecule has 1 aliphatic heterocycles. The first-order valence-electron chi connectivity index (χ1n) is 6.41. The van der Waals surface area contributed by atoms with Crippen molar-refractivity contribution in [1.82, 2.24) is 10.2 Å². The topological polar surface area (TPSA) is 56.1 Å². The van der Waals surface area contributed by atoms with Crippen LogP contribution in [0.15, 0.2) is 0 Å². The third kappa shape index (κ3) is 4.01. The molecule has 0 aromatic rings. The van der Waals surface area contributed by atoms with E-state index in [0.717, 1.165) is 25.8 Å². The highest BCUT2D eigenvalue weighted by atomic mass is 16.2. The van der Waals surface area contributed by atoms with Gasteiger partial charge in [0.2, 0.25) is 5.91 Å². The molecule has 0 unspecified atom stereocenters. The number of nitrogens with zero attached hydrogens (tertiary/aromatic N) is 2. The number of amides is 1. The van der Waals surface area contributed by atoms with E-state index in [0.29, 0.717) is 19.0 Å². The number of carbonyl (C=O) groups is 1. The van der Waals surface area contributed by atoms with Crippen molar-refractivity contribution in [1.29, 1.82) is 5.26 Å². The highest BCUT2D eigenvalue weighted by molar-refractivity contribution is 5.73. The molecule has 0 radical (unpaired) electrons. The Bertz CT molecular complexity index is 298. The van der Waals surface area contributed by atoms with E-state index >= 15 is 0 Å². The molecule has 1 heterocycles. The quantitative estimate of drug-likeness (QED) is 0.806. The van der Waals surface area contributed by atoms with Gasteiger partial charge < -0.3 is 4.90 Å². The molecule has 4 nitrogen and oxygen atoms in total. The smallest absolute Gasteiger partial charge is 0.219 e. The molecule has 1 saturated heterocycles.